The SMILES string of the molecule is C/C1=C/[C@H](O)C[C@]2(C)O[C@H]2CC(C)(C)/C=C/C1=O. The fourth-order valence-corrected chi connectivity index (χ4v) is 2.55. The predicted molar refractivity (Wildman–Crippen MR) is 70.2 cm³/mol. The molecule has 0 bridgehead atoms. The Balaban J connectivity index is 2.27. The van der Waals surface area contributed by atoms with Gasteiger partial charge in [-0.3, -0.25) is 4.79 Å². The molecular weight excluding hydrogens is 228 g/mol. The summed E-state index contributed by atoms with van der Waals surface area (Å²) in [4.78, 5) is 11.9. The number of hydrogen-bond acceptors (Lipinski definition) is 3. The third-order valence-electron chi connectivity index (χ3n) is 3.88. The molecule has 0 aromatic rings. The normalized spacial score (nSPS) is 44.3. The van der Waals surface area contributed by atoms with Crippen LogP contribution in [0.5, 0.6) is 0 Å². The monoisotopic (exact) mass is 250 g/mol. The van der Waals surface area contributed by atoms with Crippen molar-refractivity contribution in [2.24, 2.45) is 5.41 Å². The Hall–Kier alpha value is -0.930. The smallest absolute Gasteiger partial charge is 0.181 e. The Morgan fingerprint density at radius 1 is 1.33 bits per heavy atom. The standard InChI is InChI=1S/C15H22O3/c1-10-7-11(16)8-15(4)13(18-15)9-14(2,3)6-5-12(10)17/h5-7,11,13,16H,8-9H2,1-4H3/b6-5+,10-7-/t11-,13-,15-/m0/s1. The molecule has 2 aliphatic rings. The van der Waals surface area contributed by atoms with E-state index in [-0.39, 0.29) is 22.9 Å². The molecule has 0 aromatic carbocycles. The summed E-state index contributed by atoms with van der Waals surface area (Å²) in [5, 5.41) is 9.97. The van der Waals surface area contributed by atoms with Gasteiger partial charge >= 0.3 is 0 Å². The summed E-state index contributed by atoms with van der Waals surface area (Å²) in [6.45, 7) is 7.98. The zero-order chi connectivity index (χ0) is 13.6. The molecule has 3 atom stereocenters. The maximum atomic E-state index is 11.9. The van der Waals surface area contributed by atoms with Gasteiger partial charge in [0.2, 0.25) is 0 Å². The fraction of sp³-hybridized carbons (Fsp3) is 0.667. The van der Waals surface area contributed by atoms with Gasteiger partial charge in [0.25, 0.3) is 0 Å². The number of fused-ring (bicyclic) bond motifs is 1. The molecule has 3 heteroatoms. The van der Waals surface area contributed by atoms with Crippen LogP contribution >= 0.6 is 0 Å². The van der Waals surface area contributed by atoms with E-state index < -0.39 is 6.10 Å². The highest BCUT2D eigenvalue weighted by molar-refractivity contribution is 6.03. The van der Waals surface area contributed by atoms with Crippen LogP contribution in [0.15, 0.2) is 23.8 Å². The van der Waals surface area contributed by atoms with E-state index in [1.54, 1.807) is 19.1 Å². The average Bonchev–Trinajstić information content (AvgIpc) is 2.82. The first-order valence-electron chi connectivity index (χ1n) is 6.50. The Bertz CT molecular complexity index is 419. The van der Waals surface area contributed by atoms with Gasteiger partial charge in [-0.05, 0) is 43.4 Å². The van der Waals surface area contributed by atoms with Gasteiger partial charge in [0.05, 0.1) is 17.8 Å². The van der Waals surface area contributed by atoms with E-state index >= 15 is 0 Å². The number of aliphatic hydroxyl groups is 1. The molecule has 1 heterocycles. The lowest BCUT2D eigenvalue weighted by atomic mass is 9.83. The number of ether oxygens (including phenoxy) is 1. The Morgan fingerprint density at radius 2 is 2.00 bits per heavy atom. The van der Waals surface area contributed by atoms with E-state index in [1.807, 2.05) is 13.0 Å². The van der Waals surface area contributed by atoms with Crippen LogP contribution in [0, 0.1) is 5.41 Å². The minimum absolute atomic E-state index is 0.0243. The zero-order valence-electron chi connectivity index (χ0n) is 11.6. The fourth-order valence-electron chi connectivity index (χ4n) is 2.55. The minimum Gasteiger partial charge on any atom is -0.389 e. The Labute approximate surface area is 109 Å². The lowest BCUT2D eigenvalue weighted by molar-refractivity contribution is -0.111. The average molecular weight is 250 g/mol. The van der Waals surface area contributed by atoms with Crippen molar-refractivity contribution < 1.29 is 14.6 Å². The second-order valence-corrected chi connectivity index (χ2v) is 6.43. The van der Waals surface area contributed by atoms with Crippen molar-refractivity contribution in [1.29, 1.82) is 0 Å². The van der Waals surface area contributed by atoms with Gasteiger partial charge in [-0.25, -0.2) is 0 Å². The van der Waals surface area contributed by atoms with Crippen molar-refractivity contribution >= 4 is 5.78 Å². The van der Waals surface area contributed by atoms with Gasteiger partial charge in [0.15, 0.2) is 5.78 Å². The van der Waals surface area contributed by atoms with E-state index in [2.05, 4.69) is 13.8 Å². The summed E-state index contributed by atoms with van der Waals surface area (Å²) in [7, 11) is 0. The topological polar surface area (TPSA) is 49.8 Å². The minimum atomic E-state index is -0.612. The molecule has 1 aliphatic heterocycles. The van der Waals surface area contributed by atoms with E-state index in [0.717, 1.165) is 6.42 Å². The second-order valence-electron chi connectivity index (χ2n) is 6.43. The van der Waals surface area contributed by atoms with Crippen LogP contribution in [0.4, 0.5) is 0 Å². The van der Waals surface area contributed by atoms with E-state index in [0.29, 0.717) is 12.0 Å². The molecule has 3 nitrogen and oxygen atoms in total. The van der Waals surface area contributed by atoms with Gasteiger partial charge in [-0.1, -0.05) is 19.9 Å². The molecule has 18 heavy (non-hydrogen) atoms. The number of allylic oxidation sites excluding steroid dienone is 3. The van der Waals surface area contributed by atoms with Gasteiger partial charge in [0, 0.05) is 6.42 Å². The van der Waals surface area contributed by atoms with Gasteiger partial charge in [-0.15, -0.1) is 0 Å². The van der Waals surface area contributed by atoms with Crippen LogP contribution in [0.25, 0.3) is 0 Å². The third kappa shape index (κ3) is 2.90. The van der Waals surface area contributed by atoms with Crippen LogP contribution in [0.2, 0.25) is 0 Å². The number of ketones is 1. The molecule has 0 aromatic heterocycles. The van der Waals surface area contributed by atoms with Gasteiger partial charge in [0.1, 0.15) is 0 Å². The van der Waals surface area contributed by atoms with Crippen molar-refractivity contribution in [1.82, 2.24) is 0 Å². The molecule has 0 radical (unpaired) electrons. The van der Waals surface area contributed by atoms with Crippen molar-refractivity contribution in [3.63, 3.8) is 0 Å². The predicted octanol–water partition coefficient (Wildman–Crippen LogP) is 2.40. The summed E-state index contributed by atoms with van der Waals surface area (Å²) in [6, 6.07) is 0. The first-order valence-corrected chi connectivity index (χ1v) is 6.50. The van der Waals surface area contributed by atoms with E-state index in [1.165, 1.54) is 0 Å². The lowest BCUT2D eigenvalue weighted by Crippen LogP contribution is -2.21. The number of carbonyl (C=O) groups excluding carboxylic acids is 1. The summed E-state index contributed by atoms with van der Waals surface area (Å²) in [5.74, 6) is -0.0243. The van der Waals surface area contributed by atoms with Crippen LogP contribution in [0.1, 0.15) is 40.5 Å². The molecule has 0 spiro atoms. The number of hydrogen-bond donors (Lipinski definition) is 1. The highest BCUT2D eigenvalue weighted by Gasteiger charge is 2.54. The molecule has 1 fully saturated rings. The van der Waals surface area contributed by atoms with Crippen molar-refractivity contribution in [3.8, 4) is 0 Å². The largest absolute Gasteiger partial charge is 0.389 e. The molecule has 2 rings (SSSR count). The summed E-state index contributed by atoms with van der Waals surface area (Å²) in [6.07, 6.45) is 6.19. The maximum absolute atomic E-state index is 11.9. The van der Waals surface area contributed by atoms with Crippen LogP contribution in [-0.2, 0) is 9.53 Å². The highest BCUT2D eigenvalue weighted by Crippen LogP contribution is 2.46. The molecule has 0 amide bonds. The zero-order valence-corrected chi connectivity index (χ0v) is 11.6. The number of rotatable bonds is 0. The summed E-state index contributed by atoms with van der Waals surface area (Å²) >= 11 is 0. The molecule has 1 aliphatic carbocycles. The molecule has 100 valence electrons. The Morgan fingerprint density at radius 3 is 2.67 bits per heavy atom. The summed E-state index contributed by atoms with van der Waals surface area (Å²) in [5.41, 5.74) is 0.291. The van der Waals surface area contributed by atoms with Gasteiger partial charge in [-0.2, -0.15) is 0 Å². The van der Waals surface area contributed by atoms with Gasteiger partial charge < -0.3 is 9.84 Å². The maximum Gasteiger partial charge on any atom is 0.181 e. The number of epoxide rings is 1. The molecule has 1 N–H and O–H groups in total. The molecule has 0 saturated carbocycles. The number of aliphatic hydroxyl groups excluding tert-OH is 1. The molecule has 0 unspecified atom stereocenters. The summed E-state index contributed by atoms with van der Waals surface area (Å²) < 4.78 is 5.74. The Kier molecular flexibility index (Phi) is 3.24. The first-order chi connectivity index (χ1) is 8.22. The second kappa shape index (κ2) is 4.32. The van der Waals surface area contributed by atoms with Crippen LogP contribution < -0.4 is 0 Å². The third-order valence-corrected chi connectivity index (χ3v) is 3.88. The first kappa shape index (κ1) is 13.5. The molecular formula is C15H22O3. The van der Waals surface area contributed by atoms with Crippen molar-refractivity contribution in [3.05, 3.63) is 23.8 Å². The quantitative estimate of drug-likeness (QED) is 0.672. The highest BCUT2D eigenvalue weighted by atomic mass is 16.6. The van der Waals surface area contributed by atoms with Crippen LogP contribution in [-0.4, -0.2) is 28.7 Å². The van der Waals surface area contributed by atoms with E-state index in [9.17, 15) is 9.90 Å². The van der Waals surface area contributed by atoms with Crippen molar-refractivity contribution in [2.45, 2.75) is 58.3 Å². The van der Waals surface area contributed by atoms with Crippen LogP contribution in [0.3, 0.4) is 0 Å². The van der Waals surface area contributed by atoms with E-state index in [4.69, 9.17) is 4.74 Å². The molecule has 1 saturated heterocycles. The van der Waals surface area contributed by atoms with Crippen molar-refractivity contribution in [2.75, 3.05) is 0 Å². The lowest BCUT2D eigenvalue weighted by Gasteiger charge is -2.19. The number of carbonyl (C=O) groups is 1.